The van der Waals surface area contributed by atoms with Crippen molar-refractivity contribution in [1.82, 2.24) is 19.7 Å². The van der Waals surface area contributed by atoms with Crippen molar-refractivity contribution >= 4 is 35.0 Å². The van der Waals surface area contributed by atoms with Gasteiger partial charge in [0.25, 0.3) is 0 Å². The van der Waals surface area contributed by atoms with Gasteiger partial charge in [0.2, 0.25) is 0 Å². The van der Waals surface area contributed by atoms with Gasteiger partial charge in [-0.3, -0.25) is 0 Å². The Labute approximate surface area is 275 Å². The van der Waals surface area contributed by atoms with Crippen LogP contribution in [0.3, 0.4) is 0 Å². The maximum Gasteiger partial charge on any atom is 0.187 e. The van der Waals surface area contributed by atoms with E-state index in [1.807, 2.05) is 74.7 Å². The molecule has 1 fully saturated rings. The SMILES string of the molecule is CSc1nccc(-c2nc(-c3c(Cl)cc(OC[C@@H]4COC(C)(C)O4)cc3Cl)n(O)c2-c2cccc(OCc3ccccc3)c2)n1. The monoisotopic (exact) mass is 664 g/mol. The fourth-order valence-corrected chi connectivity index (χ4v) is 5.93. The van der Waals surface area contributed by atoms with Gasteiger partial charge < -0.3 is 24.2 Å². The van der Waals surface area contributed by atoms with Crippen LogP contribution in [0.5, 0.6) is 11.5 Å². The van der Waals surface area contributed by atoms with Gasteiger partial charge in [-0.15, -0.1) is 0 Å². The van der Waals surface area contributed by atoms with E-state index >= 15 is 0 Å². The minimum atomic E-state index is -0.658. The van der Waals surface area contributed by atoms with Crippen LogP contribution in [-0.4, -0.2) is 56.3 Å². The summed E-state index contributed by atoms with van der Waals surface area (Å²) in [5.41, 5.74) is 3.33. The molecule has 232 valence electrons. The summed E-state index contributed by atoms with van der Waals surface area (Å²) in [4.78, 5) is 13.8. The summed E-state index contributed by atoms with van der Waals surface area (Å²) in [5.74, 6) is 0.544. The predicted molar refractivity (Wildman–Crippen MR) is 174 cm³/mol. The average molecular weight is 666 g/mol. The van der Waals surface area contributed by atoms with E-state index in [1.165, 1.54) is 11.8 Å². The van der Waals surface area contributed by atoms with Crippen LogP contribution in [0, 0.1) is 0 Å². The molecule has 5 aromatic rings. The summed E-state index contributed by atoms with van der Waals surface area (Å²) in [5, 5.41) is 12.7. The highest BCUT2D eigenvalue weighted by atomic mass is 35.5. The molecule has 1 aliphatic heterocycles. The lowest BCUT2D eigenvalue weighted by Crippen LogP contribution is -2.25. The van der Waals surface area contributed by atoms with Gasteiger partial charge in [0.15, 0.2) is 16.8 Å². The normalized spacial score (nSPS) is 15.7. The Bertz CT molecular complexity index is 1800. The lowest BCUT2D eigenvalue weighted by atomic mass is 10.1. The van der Waals surface area contributed by atoms with Gasteiger partial charge in [-0.1, -0.05) is 77.4 Å². The van der Waals surface area contributed by atoms with Gasteiger partial charge in [-0.05, 0) is 56.0 Å². The Morgan fingerprint density at radius 2 is 1.76 bits per heavy atom. The summed E-state index contributed by atoms with van der Waals surface area (Å²) in [6, 6.07) is 22.3. The summed E-state index contributed by atoms with van der Waals surface area (Å²) < 4.78 is 24.4. The maximum absolute atomic E-state index is 11.7. The predicted octanol–water partition coefficient (Wildman–Crippen LogP) is 8.05. The number of halogens is 2. The third-order valence-electron chi connectivity index (χ3n) is 7.01. The van der Waals surface area contributed by atoms with E-state index in [-0.39, 0.29) is 28.6 Å². The van der Waals surface area contributed by atoms with Gasteiger partial charge in [-0.25, -0.2) is 15.0 Å². The summed E-state index contributed by atoms with van der Waals surface area (Å²) >= 11 is 14.9. The van der Waals surface area contributed by atoms with Gasteiger partial charge in [0.1, 0.15) is 42.2 Å². The zero-order valence-corrected chi connectivity index (χ0v) is 27.1. The number of hydrogen-bond acceptors (Lipinski definition) is 9. The molecular weight excluding hydrogens is 635 g/mol. The molecule has 0 unspecified atom stereocenters. The number of thioether (sulfide) groups is 1. The van der Waals surface area contributed by atoms with E-state index in [4.69, 9.17) is 47.1 Å². The number of imidazole rings is 1. The third kappa shape index (κ3) is 7.05. The first-order valence-corrected chi connectivity index (χ1v) is 16.1. The fourth-order valence-electron chi connectivity index (χ4n) is 4.94. The van der Waals surface area contributed by atoms with E-state index in [2.05, 4.69) is 9.97 Å². The largest absolute Gasteiger partial charge is 0.491 e. The molecule has 1 saturated heterocycles. The van der Waals surface area contributed by atoms with Crippen molar-refractivity contribution in [1.29, 1.82) is 0 Å². The molecule has 2 aromatic heterocycles. The summed E-state index contributed by atoms with van der Waals surface area (Å²) in [6.45, 7) is 4.77. The number of nitrogens with zero attached hydrogens (tertiary/aromatic N) is 4. The third-order valence-corrected chi connectivity index (χ3v) is 8.17. The topological polar surface area (TPSA) is 101 Å². The second kappa shape index (κ2) is 13.3. The molecule has 12 heteroatoms. The first-order valence-electron chi connectivity index (χ1n) is 14.1. The molecule has 45 heavy (non-hydrogen) atoms. The van der Waals surface area contributed by atoms with E-state index in [9.17, 15) is 5.21 Å². The standard InChI is InChI=1S/C33H30Cl2N4O5S/c1-33(2)43-19-24(44-33)18-42-23-15-25(34)28(26(35)16-23)31-38-29(27-12-13-36-32(37-27)45-3)30(39(31)40)21-10-7-11-22(14-21)41-17-20-8-5-4-6-9-20/h4-16,24,40H,17-19H2,1-3H3/t24-/m1/s1. The molecule has 3 aromatic carbocycles. The van der Waals surface area contributed by atoms with Crippen LogP contribution in [-0.2, 0) is 16.1 Å². The maximum atomic E-state index is 11.7. The van der Waals surface area contributed by atoms with E-state index in [1.54, 1.807) is 24.4 Å². The van der Waals surface area contributed by atoms with Crippen molar-refractivity contribution in [3.8, 4) is 45.5 Å². The van der Waals surface area contributed by atoms with Gasteiger partial charge in [-0.2, -0.15) is 4.73 Å². The van der Waals surface area contributed by atoms with Crippen molar-refractivity contribution < 1.29 is 24.2 Å². The average Bonchev–Trinajstić information content (AvgIpc) is 3.57. The van der Waals surface area contributed by atoms with Gasteiger partial charge in [0.05, 0.1) is 27.9 Å². The molecule has 0 spiro atoms. The minimum absolute atomic E-state index is 0.135. The molecule has 9 nitrogen and oxygen atoms in total. The van der Waals surface area contributed by atoms with Crippen LogP contribution in [0.1, 0.15) is 19.4 Å². The van der Waals surface area contributed by atoms with Crippen molar-refractivity contribution in [2.75, 3.05) is 19.5 Å². The van der Waals surface area contributed by atoms with Crippen molar-refractivity contribution in [3.63, 3.8) is 0 Å². The highest BCUT2D eigenvalue weighted by Crippen LogP contribution is 2.42. The smallest absolute Gasteiger partial charge is 0.187 e. The Morgan fingerprint density at radius 3 is 2.47 bits per heavy atom. The number of hydrogen-bond donors (Lipinski definition) is 1. The Morgan fingerprint density at radius 1 is 0.978 bits per heavy atom. The molecule has 1 N–H and O–H groups in total. The molecule has 0 amide bonds. The zero-order chi connectivity index (χ0) is 31.6. The number of rotatable bonds is 10. The van der Waals surface area contributed by atoms with Crippen molar-refractivity contribution in [3.05, 3.63) is 94.6 Å². The lowest BCUT2D eigenvalue weighted by molar-refractivity contribution is -0.141. The van der Waals surface area contributed by atoms with Crippen LogP contribution in [0.25, 0.3) is 34.0 Å². The molecule has 0 saturated carbocycles. The van der Waals surface area contributed by atoms with Crippen LogP contribution < -0.4 is 9.47 Å². The molecule has 1 atom stereocenters. The quantitative estimate of drug-likeness (QED) is 0.0902. The van der Waals surface area contributed by atoms with Crippen molar-refractivity contribution in [2.24, 2.45) is 0 Å². The molecule has 0 bridgehead atoms. The lowest BCUT2D eigenvalue weighted by Gasteiger charge is -2.17. The van der Waals surface area contributed by atoms with E-state index < -0.39 is 5.79 Å². The van der Waals surface area contributed by atoms with Crippen LogP contribution in [0.15, 0.2) is 84.1 Å². The van der Waals surface area contributed by atoms with Crippen LogP contribution in [0.4, 0.5) is 0 Å². The second-order valence-corrected chi connectivity index (χ2v) is 12.3. The minimum Gasteiger partial charge on any atom is -0.491 e. The summed E-state index contributed by atoms with van der Waals surface area (Å²) in [6.07, 6.45) is 3.31. The molecule has 3 heterocycles. The summed E-state index contributed by atoms with van der Waals surface area (Å²) in [7, 11) is 0. The van der Waals surface area contributed by atoms with Gasteiger partial charge >= 0.3 is 0 Å². The second-order valence-electron chi connectivity index (χ2n) is 10.7. The number of ether oxygens (including phenoxy) is 4. The Kier molecular flexibility index (Phi) is 9.21. The molecule has 1 aliphatic rings. The molecule has 0 radical (unpaired) electrons. The van der Waals surface area contributed by atoms with Gasteiger partial charge in [0, 0.05) is 11.8 Å². The first kappa shape index (κ1) is 31.2. The van der Waals surface area contributed by atoms with Crippen molar-refractivity contribution in [2.45, 2.75) is 37.5 Å². The number of benzene rings is 3. The molecule has 6 rings (SSSR count). The van der Waals surface area contributed by atoms with E-state index in [0.29, 0.717) is 58.1 Å². The highest BCUT2D eigenvalue weighted by molar-refractivity contribution is 7.98. The van der Waals surface area contributed by atoms with Crippen LogP contribution in [0.2, 0.25) is 10.0 Å². The molecular formula is C33H30Cl2N4O5S. The van der Waals surface area contributed by atoms with E-state index in [0.717, 1.165) is 10.3 Å². The highest BCUT2D eigenvalue weighted by Gasteiger charge is 2.33. The Hall–Kier alpha value is -3.80. The Balaban J connectivity index is 1.37. The molecule has 0 aliphatic carbocycles. The number of aromatic nitrogens is 4. The van der Waals surface area contributed by atoms with Crippen LogP contribution >= 0.6 is 35.0 Å². The first-order chi connectivity index (χ1) is 21.7. The zero-order valence-electron chi connectivity index (χ0n) is 24.7. The fraction of sp³-hybridized carbons (Fsp3) is 0.242.